The highest BCUT2D eigenvalue weighted by atomic mass is 16.5. The molecule has 0 aromatic carbocycles. The van der Waals surface area contributed by atoms with Gasteiger partial charge in [0.05, 0.1) is 19.1 Å². The Kier molecular flexibility index (Phi) is 10.1. The van der Waals surface area contributed by atoms with Gasteiger partial charge in [0.1, 0.15) is 11.6 Å². The number of esters is 2. The van der Waals surface area contributed by atoms with Gasteiger partial charge in [-0.2, -0.15) is 0 Å². The van der Waals surface area contributed by atoms with E-state index in [2.05, 4.69) is 0 Å². The number of hydrogen-bond donors (Lipinski definition) is 0. The Hall–Kier alpha value is -1.72. The second-order valence-corrected chi connectivity index (χ2v) is 4.78. The summed E-state index contributed by atoms with van der Waals surface area (Å²) in [5.41, 5.74) is 0. The fourth-order valence-corrected chi connectivity index (χ4v) is 1.91. The minimum atomic E-state index is -0.611. The van der Waals surface area contributed by atoms with Crippen LogP contribution >= 0.6 is 0 Å². The third-order valence-electron chi connectivity index (χ3n) is 2.93. The minimum absolute atomic E-state index is 0.123. The molecule has 0 aliphatic carbocycles. The zero-order valence-corrected chi connectivity index (χ0v) is 13.0. The van der Waals surface area contributed by atoms with Crippen LogP contribution in [0.25, 0.3) is 0 Å². The van der Waals surface area contributed by atoms with Gasteiger partial charge in [0, 0.05) is 26.7 Å². The monoisotopic (exact) mass is 300 g/mol. The summed E-state index contributed by atoms with van der Waals surface area (Å²) in [5.74, 6) is -1.61. The summed E-state index contributed by atoms with van der Waals surface area (Å²) in [4.78, 5) is 45.1. The fourth-order valence-electron chi connectivity index (χ4n) is 1.91. The van der Waals surface area contributed by atoms with Gasteiger partial charge in [-0.15, -0.1) is 0 Å². The van der Waals surface area contributed by atoms with Crippen molar-refractivity contribution in [1.82, 2.24) is 0 Å². The fraction of sp³-hybridized carbons (Fsp3) is 0.733. The predicted molar refractivity (Wildman–Crippen MR) is 75.5 cm³/mol. The molecule has 0 N–H and O–H groups in total. The minimum Gasteiger partial charge on any atom is -0.466 e. The van der Waals surface area contributed by atoms with Crippen LogP contribution < -0.4 is 0 Å². The zero-order valence-electron chi connectivity index (χ0n) is 13.0. The molecule has 0 aromatic heterocycles. The number of Topliss-reactive ketones (excluding diaryl/α,β-unsaturated/α-hetero) is 2. The van der Waals surface area contributed by atoms with Crippen molar-refractivity contribution < 1.29 is 28.7 Å². The first-order valence-electron chi connectivity index (χ1n) is 7.20. The number of rotatable bonds is 11. The second kappa shape index (κ2) is 11.0. The lowest BCUT2D eigenvalue weighted by molar-refractivity contribution is -0.142. The Morgan fingerprint density at radius 3 is 1.48 bits per heavy atom. The first kappa shape index (κ1) is 19.3. The summed E-state index contributed by atoms with van der Waals surface area (Å²) >= 11 is 0. The molecule has 0 saturated carbocycles. The standard InChI is InChI=1S/C15H24O6/c1-4-13(14(18)7-5-9-20-11(2)16)15(19)8-6-10-21-12(3)17/h13H,4-10H2,1-3H3. The van der Waals surface area contributed by atoms with Crippen molar-refractivity contribution in [2.75, 3.05) is 13.2 Å². The van der Waals surface area contributed by atoms with E-state index in [1.165, 1.54) is 13.8 Å². The zero-order chi connectivity index (χ0) is 16.3. The molecule has 0 aliphatic rings. The van der Waals surface area contributed by atoms with Crippen molar-refractivity contribution >= 4 is 23.5 Å². The van der Waals surface area contributed by atoms with E-state index in [-0.39, 0.29) is 49.6 Å². The van der Waals surface area contributed by atoms with Crippen LogP contribution in [0.3, 0.4) is 0 Å². The molecule has 0 rings (SSSR count). The van der Waals surface area contributed by atoms with E-state index < -0.39 is 5.92 Å². The third kappa shape index (κ3) is 9.76. The van der Waals surface area contributed by atoms with E-state index in [4.69, 9.17) is 9.47 Å². The predicted octanol–water partition coefficient (Wildman–Crippen LogP) is 1.84. The molecule has 0 spiro atoms. The van der Waals surface area contributed by atoms with Gasteiger partial charge >= 0.3 is 11.9 Å². The first-order valence-corrected chi connectivity index (χ1v) is 7.20. The first-order chi connectivity index (χ1) is 9.88. The quantitative estimate of drug-likeness (QED) is 0.329. The molecular weight excluding hydrogens is 276 g/mol. The van der Waals surface area contributed by atoms with Crippen molar-refractivity contribution in [1.29, 1.82) is 0 Å². The molecule has 0 heterocycles. The molecule has 0 aromatic rings. The lowest BCUT2D eigenvalue weighted by Crippen LogP contribution is -2.24. The Morgan fingerprint density at radius 1 is 0.810 bits per heavy atom. The Morgan fingerprint density at radius 2 is 1.19 bits per heavy atom. The number of carbonyl (C=O) groups is 4. The molecule has 0 saturated heterocycles. The van der Waals surface area contributed by atoms with Crippen LogP contribution in [-0.4, -0.2) is 36.7 Å². The van der Waals surface area contributed by atoms with Gasteiger partial charge in [-0.25, -0.2) is 0 Å². The normalized spacial score (nSPS) is 10.3. The molecule has 0 aliphatic heterocycles. The summed E-state index contributed by atoms with van der Waals surface area (Å²) in [6.45, 7) is 4.79. The Bertz CT molecular complexity index is 340. The lowest BCUT2D eigenvalue weighted by atomic mass is 9.91. The van der Waals surface area contributed by atoms with E-state index in [1.807, 2.05) is 0 Å². The Labute approximate surface area is 125 Å². The highest BCUT2D eigenvalue weighted by Crippen LogP contribution is 2.13. The van der Waals surface area contributed by atoms with Crippen molar-refractivity contribution in [2.24, 2.45) is 5.92 Å². The van der Waals surface area contributed by atoms with Gasteiger partial charge in [0.15, 0.2) is 0 Å². The van der Waals surface area contributed by atoms with Crippen LogP contribution in [0, 0.1) is 5.92 Å². The second-order valence-electron chi connectivity index (χ2n) is 4.78. The van der Waals surface area contributed by atoms with E-state index in [0.29, 0.717) is 19.3 Å². The van der Waals surface area contributed by atoms with Crippen molar-refractivity contribution in [3.63, 3.8) is 0 Å². The average molecular weight is 300 g/mol. The smallest absolute Gasteiger partial charge is 0.302 e. The third-order valence-corrected chi connectivity index (χ3v) is 2.93. The molecule has 0 amide bonds. The van der Waals surface area contributed by atoms with Crippen molar-refractivity contribution in [3.05, 3.63) is 0 Å². The summed E-state index contributed by atoms with van der Waals surface area (Å²) in [5, 5.41) is 0. The van der Waals surface area contributed by atoms with E-state index >= 15 is 0 Å². The molecule has 6 nitrogen and oxygen atoms in total. The van der Waals surface area contributed by atoms with Crippen LogP contribution in [0.5, 0.6) is 0 Å². The highest BCUT2D eigenvalue weighted by Gasteiger charge is 2.23. The summed E-state index contributed by atoms with van der Waals surface area (Å²) in [7, 11) is 0. The van der Waals surface area contributed by atoms with E-state index in [0.717, 1.165) is 0 Å². The maximum atomic E-state index is 12.0. The molecule has 21 heavy (non-hydrogen) atoms. The summed E-state index contributed by atoms with van der Waals surface area (Å²) in [6.07, 6.45) is 1.76. The van der Waals surface area contributed by atoms with Gasteiger partial charge in [0.25, 0.3) is 0 Å². The largest absolute Gasteiger partial charge is 0.466 e. The molecule has 0 unspecified atom stereocenters. The van der Waals surface area contributed by atoms with Gasteiger partial charge < -0.3 is 9.47 Å². The summed E-state index contributed by atoms with van der Waals surface area (Å²) < 4.78 is 9.49. The van der Waals surface area contributed by atoms with Crippen LogP contribution in [0.2, 0.25) is 0 Å². The molecular formula is C15H24O6. The van der Waals surface area contributed by atoms with Crippen LogP contribution in [0.4, 0.5) is 0 Å². The van der Waals surface area contributed by atoms with Gasteiger partial charge in [-0.3, -0.25) is 19.2 Å². The van der Waals surface area contributed by atoms with E-state index in [1.54, 1.807) is 6.92 Å². The molecule has 120 valence electrons. The number of ketones is 2. The lowest BCUT2D eigenvalue weighted by Gasteiger charge is -2.12. The molecule has 0 fully saturated rings. The number of ether oxygens (including phenoxy) is 2. The van der Waals surface area contributed by atoms with Crippen LogP contribution in [0.15, 0.2) is 0 Å². The van der Waals surface area contributed by atoms with Crippen molar-refractivity contribution in [2.45, 2.75) is 52.9 Å². The van der Waals surface area contributed by atoms with E-state index in [9.17, 15) is 19.2 Å². The molecule has 0 radical (unpaired) electrons. The van der Waals surface area contributed by atoms with Crippen LogP contribution in [0.1, 0.15) is 52.9 Å². The average Bonchev–Trinajstić information content (AvgIpc) is 2.40. The van der Waals surface area contributed by atoms with Gasteiger partial charge in [0.2, 0.25) is 0 Å². The maximum Gasteiger partial charge on any atom is 0.302 e. The topological polar surface area (TPSA) is 86.7 Å². The van der Waals surface area contributed by atoms with Gasteiger partial charge in [-0.1, -0.05) is 6.92 Å². The number of hydrogen-bond acceptors (Lipinski definition) is 6. The summed E-state index contributed by atoms with van der Waals surface area (Å²) in [6, 6.07) is 0. The Balaban J connectivity index is 4.04. The SMILES string of the molecule is CCC(C(=O)CCCOC(C)=O)C(=O)CCCOC(C)=O. The molecule has 0 atom stereocenters. The molecule has 0 bridgehead atoms. The van der Waals surface area contributed by atoms with Gasteiger partial charge in [-0.05, 0) is 19.3 Å². The highest BCUT2D eigenvalue weighted by molar-refractivity contribution is 6.02. The maximum absolute atomic E-state index is 12.0. The molecule has 6 heteroatoms. The number of carbonyl (C=O) groups excluding carboxylic acids is 4. The van der Waals surface area contributed by atoms with Crippen molar-refractivity contribution in [3.8, 4) is 0 Å². The van der Waals surface area contributed by atoms with Crippen LogP contribution in [-0.2, 0) is 28.7 Å².